The van der Waals surface area contributed by atoms with Crippen molar-refractivity contribution in [2.75, 3.05) is 21.3 Å². The smallest absolute Gasteiger partial charge is 0.161 e. The Morgan fingerprint density at radius 2 is 1.86 bits per heavy atom. The molecule has 0 aliphatic carbocycles. The van der Waals surface area contributed by atoms with Gasteiger partial charge in [-0.1, -0.05) is 6.07 Å². The zero-order valence-corrected chi connectivity index (χ0v) is 13.3. The highest BCUT2D eigenvalue weighted by atomic mass is 16.5. The number of hydrogen-bond acceptors (Lipinski definition) is 4. The maximum absolute atomic E-state index is 5.37. The third-order valence-corrected chi connectivity index (χ3v) is 3.62. The van der Waals surface area contributed by atoms with E-state index in [2.05, 4.69) is 23.4 Å². The zero-order chi connectivity index (χ0) is 15.4. The minimum absolute atomic E-state index is 0.155. The maximum Gasteiger partial charge on any atom is 0.161 e. The van der Waals surface area contributed by atoms with E-state index in [9.17, 15) is 0 Å². The average Bonchev–Trinajstić information content (AvgIpc) is 2.81. The molecule has 5 nitrogen and oxygen atoms in total. The summed E-state index contributed by atoms with van der Waals surface area (Å²) >= 11 is 0. The largest absolute Gasteiger partial charge is 0.493 e. The second-order valence-electron chi connectivity index (χ2n) is 5.06. The van der Waals surface area contributed by atoms with Crippen molar-refractivity contribution in [1.29, 1.82) is 0 Å². The Morgan fingerprint density at radius 3 is 2.38 bits per heavy atom. The van der Waals surface area contributed by atoms with Crippen molar-refractivity contribution < 1.29 is 9.47 Å². The summed E-state index contributed by atoms with van der Waals surface area (Å²) in [5, 5.41) is 7.86. The number of aromatic nitrogens is 2. The summed E-state index contributed by atoms with van der Waals surface area (Å²) in [6, 6.07) is 8.23. The molecular weight excluding hydrogens is 266 g/mol. The Labute approximate surface area is 125 Å². The lowest BCUT2D eigenvalue weighted by molar-refractivity contribution is 0.353. The molecule has 1 heterocycles. The molecule has 2 aromatic rings. The number of methoxy groups -OCH3 is 2. The van der Waals surface area contributed by atoms with Crippen LogP contribution in [-0.2, 0) is 6.54 Å². The van der Waals surface area contributed by atoms with Crippen molar-refractivity contribution in [1.82, 2.24) is 15.1 Å². The third-order valence-electron chi connectivity index (χ3n) is 3.62. The van der Waals surface area contributed by atoms with Gasteiger partial charge in [-0.2, -0.15) is 5.10 Å². The summed E-state index contributed by atoms with van der Waals surface area (Å²) in [7, 11) is 5.24. The minimum Gasteiger partial charge on any atom is -0.493 e. The SMILES string of the molecule is CNC(Cn1nc(C)cc1C)c1ccc(OC)c(OC)c1. The van der Waals surface area contributed by atoms with Gasteiger partial charge in [0.15, 0.2) is 11.5 Å². The van der Waals surface area contributed by atoms with Crippen molar-refractivity contribution in [3.05, 3.63) is 41.2 Å². The summed E-state index contributed by atoms with van der Waals surface area (Å²) in [5.41, 5.74) is 3.34. The van der Waals surface area contributed by atoms with Gasteiger partial charge in [0.25, 0.3) is 0 Å². The van der Waals surface area contributed by atoms with Gasteiger partial charge in [0.1, 0.15) is 0 Å². The van der Waals surface area contributed by atoms with E-state index in [1.54, 1.807) is 14.2 Å². The van der Waals surface area contributed by atoms with E-state index in [1.165, 1.54) is 0 Å². The number of ether oxygens (including phenoxy) is 2. The monoisotopic (exact) mass is 289 g/mol. The van der Waals surface area contributed by atoms with Gasteiger partial charge >= 0.3 is 0 Å². The lowest BCUT2D eigenvalue weighted by Gasteiger charge is -2.19. The number of benzene rings is 1. The van der Waals surface area contributed by atoms with Gasteiger partial charge in [-0.3, -0.25) is 4.68 Å². The predicted molar refractivity (Wildman–Crippen MR) is 83.0 cm³/mol. The molecule has 0 aliphatic rings. The number of nitrogens with zero attached hydrogens (tertiary/aromatic N) is 2. The Bertz CT molecular complexity index is 608. The van der Waals surface area contributed by atoms with Gasteiger partial charge in [0.2, 0.25) is 0 Å². The first kappa shape index (κ1) is 15.4. The van der Waals surface area contributed by atoms with Crippen molar-refractivity contribution in [2.24, 2.45) is 0 Å². The van der Waals surface area contributed by atoms with E-state index < -0.39 is 0 Å². The minimum atomic E-state index is 0.155. The molecule has 0 fully saturated rings. The van der Waals surface area contributed by atoms with Gasteiger partial charge in [-0.05, 0) is 44.7 Å². The molecule has 21 heavy (non-hydrogen) atoms. The van der Waals surface area contributed by atoms with Crippen LogP contribution in [0.3, 0.4) is 0 Å². The molecule has 0 radical (unpaired) electrons. The van der Waals surface area contributed by atoms with Crippen LogP contribution in [0.15, 0.2) is 24.3 Å². The highest BCUT2D eigenvalue weighted by molar-refractivity contribution is 5.43. The zero-order valence-electron chi connectivity index (χ0n) is 13.3. The molecule has 0 saturated carbocycles. The highest BCUT2D eigenvalue weighted by Crippen LogP contribution is 2.30. The molecule has 1 aromatic heterocycles. The van der Waals surface area contributed by atoms with Crippen molar-refractivity contribution in [2.45, 2.75) is 26.4 Å². The Kier molecular flexibility index (Phi) is 4.85. The highest BCUT2D eigenvalue weighted by Gasteiger charge is 2.15. The number of nitrogens with one attached hydrogen (secondary N) is 1. The molecule has 2 rings (SSSR count). The number of hydrogen-bond donors (Lipinski definition) is 1. The Balaban J connectivity index is 2.27. The lowest BCUT2D eigenvalue weighted by Crippen LogP contribution is -2.23. The van der Waals surface area contributed by atoms with Gasteiger partial charge in [0, 0.05) is 5.69 Å². The molecule has 0 aliphatic heterocycles. The standard InChI is InChI=1S/C16H23N3O2/c1-11-8-12(2)19(18-11)10-14(17-3)13-6-7-15(20-4)16(9-13)21-5/h6-9,14,17H,10H2,1-5H3. The molecular formula is C16H23N3O2. The summed E-state index contributed by atoms with van der Waals surface area (Å²) in [6.07, 6.45) is 0. The summed E-state index contributed by atoms with van der Waals surface area (Å²) < 4.78 is 12.7. The van der Waals surface area contributed by atoms with E-state index in [0.29, 0.717) is 0 Å². The predicted octanol–water partition coefficient (Wildman–Crippen LogP) is 2.48. The van der Waals surface area contributed by atoms with Gasteiger partial charge in [-0.15, -0.1) is 0 Å². The Morgan fingerprint density at radius 1 is 1.14 bits per heavy atom. The Hall–Kier alpha value is -2.01. The first-order valence-corrected chi connectivity index (χ1v) is 6.99. The fraction of sp³-hybridized carbons (Fsp3) is 0.438. The molecule has 1 unspecified atom stereocenters. The molecule has 0 spiro atoms. The lowest BCUT2D eigenvalue weighted by atomic mass is 10.1. The van der Waals surface area contributed by atoms with Crippen LogP contribution in [0.5, 0.6) is 11.5 Å². The molecule has 1 N–H and O–H groups in total. The van der Waals surface area contributed by atoms with E-state index in [1.807, 2.05) is 36.9 Å². The van der Waals surface area contributed by atoms with Crippen LogP contribution < -0.4 is 14.8 Å². The van der Waals surface area contributed by atoms with Crippen LogP contribution in [0, 0.1) is 13.8 Å². The number of aryl methyl sites for hydroxylation is 2. The first-order chi connectivity index (χ1) is 10.1. The molecule has 1 atom stereocenters. The van der Waals surface area contributed by atoms with Gasteiger partial charge in [-0.25, -0.2) is 0 Å². The van der Waals surface area contributed by atoms with Gasteiger partial charge < -0.3 is 14.8 Å². The first-order valence-electron chi connectivity index (χ1n) is 6.99. The molecule has 0 amide bonds. The van der Waals surface area contributed by atoms with E-state index in [0.717, 1.165) is 35.0 Å². The van der Waals surface area contributed by atoms with E-state index >= 15 is 0 Å². The van der Waals surface area contributed by atoms with Crippen molar-refractivity contribution >= 4 is 0 Å². The molecule has 0 saturated heterocycles. The van der Waals surface area contributed by atoms with Crippen LogP contribution in [0.2, 0.25) is 0 Å². The summed E-state index contributed by atoms with van der Waals surface area (Å²) in [6.45, 7) is 4.85. The molecule has 114 valence electrons. The molecule has 0 bridgehead atoms. The van der Waals surface area contributed by atoms with Crippen LogP contribution in [0.1, 0.15) is 23.0 Å². The maximum atomic E-state index is 5.37. The number of likely N-dealkylation sites (N-methyl/N-ethyl adjacent to an activating group) is 1. The van der Waals surface area contributed by atoms with E-state index in [-0.39, 0.29) is 6.04 Å². The van der Waals surface area contributed by atoms with Crippen LogP contribution >= 0.6 is 0 Å². The molecule has 1 aromatic carbocycles. The van der Waals surface area contributed by atoms with Crippen molar-refractivity contribution in [3.8, 4) is 11.5 Å². The normalized spacial score (nSPS) is 12.2. The second-order valence-corrected chi connectivity index (χ2v) is 5.06. The summed E-state index contributed by atoms with van der Waals surface area (Å²) in [5.74, 6) is 1.48. The summed E-state index contributed by atoms with van der Waals surface area (Å²) in [4.78, 5) is 0. The fourth-order valence-electron chi connectivity index (χ4n) is 2.47. The van der Waals surface area contributed by atoms with Crippen LogP contribution in [0.4, 0.5) is 0 Å². The number of rotatable bonds is 6. The second kappa shape index (κ2) is 6.63. The quantitative estimate of drug-likeness (QED) is 0.887. The van der Waals surface area contributed by atoms with Gasteiger partial charge in [0.05, 0.1) is 32.5 Å². The van der Waals surface area contributed by atoms with E-state index in [4.69, 9.17) is 9.47 Å². The third kappa shape index (κ3) is 3.36. The topological polar surface area (TPSA) is 48.3 Å². The average molecular weight is 289 g/mol. The molecule has 5 heteroatoms. The fourth-order valence-corrected chi connectivity index (χ4v) is 2.47. The van der Waals surface area contributed by atoms with Crippen molar-refractivity contribution in [3.63, 3.8) is 0 Å². The van der Waals surface area contributed by atoms with Crippen LogP contribution in [-0.4, -0.2) is 31.0 Å². The van der Waals surface area contributed by atoms with Crippen LogP contribution in [0.25, 0.3) is 0 Å².